The highest BCUT2D eigenvalue weighted by molar-refractivity contribution is 5.99. The van der Waals surface area contributed by atoms with Crippen molar-refractivity contribution in [1.82, 2.24) is 20.2 Å². The van der Waals surface area contributed by atoms with Crippen LogP contribution in [-0.2, 0) is 11.3 Å². The van der Waals surface area contributed by atoms with Gasteiger partial charge in [-0.25, -0.2) is 9.97 Å². The van der Waals surface area contributed by atoms with Crippen molar-refractivity contribution < 1.29 is 9.59 Å². The van der Waals surface area contributed by atoms with Crippen molar-refractivity contribution in [1.29, 1.82) is 0 Å². The van der Waals surface area contributed by atoms with E-state index in [9.17, 15) is 9.59 Å². The van der Waals surface area contributed by atoms with Gasteiger partial charge in [-0.3, -0.25) is 9.59 Å². The van der Waals surface area contributed by atoms with Gasteiger partial charge in [0.1, 0.15) is 0 Å². The van der Waals surface area contributed by atoms with Gasteiger partial charge in [-0.15, -0.1) is 0 Å². The first-order valence-electron chi connectivity index (χ1n) is 11.6. The Balaban J connectivity index is 1.79. The number of nitrogens with zero attached hydrogens (tertiary/aromatic N) is 4. The summed E-state index contributed by atoms with van der Waals surface area (Å²) in [5.74, 6) is 0.800. The van der Waals surface area contributed by atoms with Gasteiger partial charge in [0.2, 0.25) is 11.9 Å². The molecule has 0 radical (unpaired) electrons. The average Bonchev–Trinajstić information content (AvgIpc) is 2.83. The minimum absolute atomic E-state index is 0.0703. The van der Waals surface area contributed by atoms with Crippen molar-refractivity contribution in [2.45, 2.75) is 52.5 Å². The largest absolute Gasteiger partial charge is 0.352 e. The molecule has 172 valence electrons. The normalized spacial score (nSPS) is 14.1. The molecule has 0 saturated heterocycles. The van der Waals surface area contributed by atoms with E-state index in [1.165, 1.54) is 6.42 Å². The topological polar surface area (TPSA) is 78.4 Å². The van der Waals surface area contributed by atoms with Crippen molar-refractivity contribution in [2.24, 2.45) is 5.92 Å². The number of rotatable bonds is 8. The van der Waals surface area contributed by atoms with E-state index in [2.05, 4.69) is 15.3 Å². The minimum atomic E-state index is -0.0703. The van der Waals surface area contributed by atoms with Crippen LogP contribution >= 0.6 is 0 Å². The second kappa shape index (κ2) is 11.1. The van der Waals surface area contributed by atoms with Crippen molar-refractivity contribution in [3.63, 3.8) is 0 Å². The fourth-order valence-corrected chi connectivity index (χ4v) is 4.12. The summed E-state index contributed by atoms with van der Waals surface area (Å²) in [6.07, 6.45) is 7.15. The summed E-state index contributed by atoms with van der Waals surface area (Å²) in [6, 6.07) is 7.89. The highest BCUT2D eigenvalue weighted by Crippen LogP contribution is 2.26. The maximum atomic E-state index is 13.1. The predicted molar refractivity (Wildman–Crippen MR) is 127 cm³/mol. The minimum Gasteiger partial charge on any atom is -0.352 e. The third-order valence-corrected chi connectivity index (χ3v) is 6.13. The van der Waals surface area contributed by atoms with Gasteiger partial charge in [0.05, 0.1) is 11.3 Å². The molecule has 0 unspecified atom stereocenters. The van der Waals surface area contributed by atoms with E-state index in [1.807, 2.05) is 57.1 Å². The molecule has 0 bridgehead atoms. The number of anilines is 1. The predicted octanol–water partition coefficient (Wildman–Crippen LogP) is 3.89. The van der Waals surface area contributed by atoms with Crippen LogP contribution in [0.5, 0.6) is 0 Å². The van der Waals surface area contributed by atoms with Crippen LogP contribution in [0.25, 0.3) is 11.3 Å². The molecule has 32 heavy (non-hydrogen) atoms. The second-order valence-electron chi connectivity index (χ2n) is 8.55. The smallest absolute Gasteiger partial charge is 0.257 e. The number of hydrogen-bond acceptors (Lipinski definition) is 5. The Labute approximate surface area is 191 Å². The lowest BCUT2D eigenvalue weighted by Crippen LogP contribution is -2.31. The zero-order chi connectivity index (χ0) is 23.1. The first-order valence-corrected chi connectivity index (χ1v) is 11.6. The van der Waals surface area contributed by atoms with Crippen LogP contribution in [-0.4, -0.2) is 53.9 Å². The molecule has 0 spiro atoms. The molecule has 1 aromatic heterocycles. The van der Waals surface area contributed by atoms with E-state index < -0.39 is 0 Å². The average molecular weight is 438 g/mol. The number of carbonyl (C=O) groups is 2. The molecule has 1 aliphatic rings. The Morgan fingerprint density at radius 2 is 1.69 bits per heavy atom. The second-order valence-corrected chi connectivity index (χ2v) is 8.55. The molecule has 7 nitrogen and oxygen atoms in total. The number of carbonyl (C=O) groups excluding carboxylic acids is 2. The van der Waals surface area contributed by atoms with Crippen molar-refractivity contribution >= 4 is 17.8 Å². The molecular weight excluding hydrogens is 402 g/mol. The highest BCUT2D eigenvalue weighted by Gasteiger charge is 2.22. The third kappa shape index (κ3) is 5.64. The Hall–Kier alpha value is -2.96. The molecule has 1 N–H and O–H groups in total. The van der Waals surface area contributed by atoms with Gasteiger partial charge < -0.3 is 15.1 Å². The van der Waals surface area contributed by atoms with Gasteiger partial charge in [-0.2, -0.15) is 0 Å². The van der Waals surface area contributed by atoms with E-state index in [-0.39, 0.29) is 17.7 Å². The van der Waals surface area contributed by atoms with Gasteiger partial charge in [0.25, 0.3) is 5.91 Å². The molecule has 1 heterocycles. The van der Waals surface area contributed by atoms with E-state index >= 15 is 0 Å². The van der Waals surface area contributed by atoms with Crippen LogP contribution in [0.15, 0.2) is 30.5 Å². The van der Waals surface area contributed by atoms with Crippen LogP contribution in [0.1, 0.15) is 61.9 Å². The Morgan fingerprint density at radius 1 is 1.03 bits per heavy atom. The summed E-state index contributed by atoms with van der Waals surface area (Å²) >= 11 is 0. The molecule has 0 atom stereocenters. The Morgan fingerprint density at radius 3 is 2.28 bits per heavy atom. The lowest BCUT2D eigenvalue weighted by Gasteiger charge is -2.21. The first kappa shape index (κ1) is 23.7. The molecule has 7 heteroatoms. The first-order chi connectivity index (χ1) is 15.4. The summed E-state index contributed by atoms with van der Waals surface area (Å²) < 4.78 is 0. The van der Waals surface area contributed by atoms with E-state index in [0.717, 1.165) is 36.8 Å². The summed E-state index contributed by atoms with van der Waals surface area (Å²) in [4.78, 5) is 38.1. The molecule has 3 rings (SSSR count). The van der Waals surface area contributed by atoms with Gasteiger partial charge in [-0.05, 0) is 32.3 Å². The molecular formula is C25H35N5O2. The molecule has 1 aromatic carbocycles. The lowest BCUT2D eigenvalue weighted by molar-refractivity contribution is -0.126. The highest BCUT2D eigenvalue weighted by atomic mass is 16.2. The zero-order valence-electron chi connectivity index (χ0n) is 19.7. The molecule has 2 aromatic rings. The summed E-state index contributed by atoms with van der Waals surface area (Å²) in [5, 5.41) is 3.08. The number of amides is 2. The van der Waals surface area contributed by atoms with E-state index in [1.54, 1.807) is 11.1 Å². The SMILES string of the molecule is CCN(CC)C(=O)c1cnc(N(C)C)nc1-c1ccc(CNC(=O)C2CCCCC2)cc1. The standard InChI is InChI=1S/C25H35N5O2/c1-5-30(6-2)24(32)21-17-27-25(29(3)4)28-22(21)19-14-12-18(13-15-19)16-26-23(31)20-10-8-7-9-11-20/h12-15,17,20H,5-11,16H2,1-4H3,(H,26,31). The summed E-state index contributed by atoms with van der Waals surface area (Å²) in [6.45, 7) is 5.69. The van der Waals surface area contributed by atoms with Crippen LogP contribution < -0.4 is 10.2 Å². The van der Waals surface area contributed by atoms with E-state index in [0.29, 0.717) is 36.8 Å². The van der Waals surface area contributed by atoms with Crippen molar-refractivity contribution in [2.75, 3.05) is 32.1 Å². The van der Waals surface area contributed by atoms with Crippen molar-refractivity contribution in [3.8, 4) is 11.3 Å². The number of benzene rings is 1. The number of hydrogen-bond donors (Lipinski definition) is 1. The van der Waals surface area contributed by atoms with Crippen LogP contribution in [0.3, 0.4) is 0 Å². The fraction of sp³-hybridized carbons (Fsp3) is 0.520. The zero-order valence-corrected chi connectivity index (χ0v) is 19.7. The molecule has 1 saturated carbocycles. The number of nitrogens with one attached hydrogen (secondary N) is 1. The third-order valence-electron chi connectivity index (χ3n) is 6.13. The van der Waals surface area contributed by atoms with Crippen LogP contribution in [0.4, 0.5) is 5.95 Å². The maximum Gasteiger partial charge on any atom is 0.257 e. The summed E-state index contributed by atoms with van der Waals surface area (Å²) in [5.41, 5.74) is 3.00. The number of aromatic nitrogens is 2. The fourth-order valence-electron chi connectivity index (χ4n) is 4.12. The molecule has 0 aliphatic heterocycles. The van der Waals surface area contributed by atoms with Gasteiger partial charge in [0.15, 0.2) is 0 Å². The maximum absolute atomic E-state index is 13.1. The lowest BCUT2D eigenvalue weighted by atomic mass is 9.88. The van der Waals surface area contributed by atoms with Crippen LogP contribution in [0, 0.1) is 5.92 Å². The summed E-state index contributed by atoms with van der Waals surface area (Å²) in [7, 11) is 3.76. The van der Waals surface area contributed by atoms with Gasteiger partial charge >= 0.3 is 0 Å². The van der Waals surface area contributed by atoms with Gasteiger partial charge in [-0.1, -0.05) is 43.5 Å². The Bertz CT molecular complexity index is 916. The van der Waals surface area contributed by atoms with Crippen molar-refractivity contribution in [3.05, 3.63) is 41.6 Å². The Kier molecular flexibility index (Phi) is 8.20. The van der Waals surface area contributed by atoms with Gasteiger partial charge in [0, 0.05) is 51.4 Å². The molecule has 1 fully saturated rings. The van der Waals surface area contributed by atoms with Crippen LogP contribution in [0.2, 0.25) is 0 Å². The monoisotopic (exact) mass is 437 g/mol. The quantitative estimate of drug-likeness (QED) is 0.678. The molecule has 1 aliphatic carbocycles. The molecule has 2 amide bonds. The van der Waals surface area contributed by atoms with E-state index in [4.69, 9.17) is 0 Å².